The SMILES string of the molecule is CCOc1cc(C2NC(=O)NC(c3ccccc3)=C2c2ccc(Cl)c(Cl)c2)cc([N+](=O)[O-])c1O. The van der Waals surface area contributed by atoms with E-state index in [1.807, 2.05) is 30.3 Å². The molecule has 34 heavy (non-hydrogen) atoms. The normalized spacial score (nSPS) is 15.5. The summed E-state index contributed by atoms with van der Waals surface area (Å²) in [5, 5.41) is 28.3. The van der Waals surface area contributed by atoms with Crippen molar-refractivity contribution in [3.63, 3.8) is 0 Å². The van der Waals surface area contributed by atoms with Crippen LogP contribution in [0.1, 0.15) is 29.7 Å². The van der Waals surface area contributed by atoms with Gasteiger partial charge in [-0.3, -0.25) is 10.1 Å². The van der Waals surface area contributed by atoms with E-state index in [1.165, 1.54) is 12.1 Å². The Hall–Kier alpha value is -3.75. The molecule has 3 N–H and O–H groups in total. The zero-order chi connectivity index (χ0) is 24.4. The molecule has 3 aromatic rings. The van der Waals surface area contributed by atoms with E-state index in [1.54, 1.807) is 25.1 Å². The number of aromatic hydroxyl groups is 1. The van der Waals surface area contributed by atoms with Gasteiger partial charge in [0, 0.05) is 11.6 Å². The Morgan fingerprint density at radius 3 is 2.44 bits per heavy atom. The number of urea groups is 1. The molecule has 10 heteroatoms. The van der Waals surface area contributed by atoms with Gasteiger partial charge in [0.1, 0.15) is 0 Å². The molecule has 0 aliphatic carbocycles. The first kappa shape index (κ1) is 23.4. The molecule has 1 aliphatic rings. The molecule has 8 nitrogen and oxygen atoms in total. The van der Waals surface area contributed by atoms with Crippen molar-refractivity contribution in [2.45, 2.75) is 13.0 Å². The Kier molecular flexibility index (Phi) is 6.63. The number of amides is 2. The van der Waals surface area contributed by atoms with Crippen molar-refractivity contribution in [3.05, 3.63) is 97.5 Å². The van der Waals surface area contributed by atoms with Gasteiger partial charge in [-0.15, -0.1) is 0 Å². The van der Waals surface area contributed by atoms with E-state index in [0.29, 0.717) is 32.4 Å². The first-order valence-corrected chi connectivity index (χ1v) is 11.0. The highest BCUT2D eigenvalue weighted by Gasteiger charge is 2.33. The lowest BCUT2D eigenvalue weighted by Crippen LogP contribution is -2.43. The number of phenolic OH excluding ortho intramolecular Hbond substituents is 1. The lowest BCUT2D eigenvalue weighted by Gasteiger charge is -2.31. The van der Waals surface area contributed by atoms with Crippen molar-refractivity contribution >= 4 is 46.2 Å². The van der Waals surface area contributed by atoms with Crippen molar-refractivity contribution in [1.29, 1.82) is 0 Å². The number of hydrogen-bond acceptors (Lipinski definition) is 5. The van der Waals surface area contributed by atoms with Gasteiger partial charge in [-0.25, -0.2) is 4.79 Å². The fourth-order valence-electron chi connectivity index (χ4n) is 3.81. The molecule has 0 saturated carbocycles. The van der Waals surface area contributed by atoms with Gasteiger partial charge in [-0.1, -0.05) is 59.6 Å². The maximum Gasteiger partial charge on any atom is 0.320 e. The third-order valence-electron chi connectivity index (χ3n) is 5.27. The van der Waals surface area contributed by atoms with Crippen LogP contribution in [0, 0.1) is 10.1 Å². The smallest absolute Gasteiger partial charge is 0.320 e. The van der Waals surface area contributed by atoms with Crippen molar-refractivity contribution in [2.75, 3.05) is 6.61 Å². The van der Waals surface area contributed by atoms with Crippen LogP contribution >= 0.6 is 23.2 Å². The average molecular weight is 500 g/mol. The Morgan fingerprint density at radius 1 is 1.06 bits per heavy atom. The first-order chi connectivity index (χ1) is 16.3. The first-order valence-electron chi connectivity index (χ1n) is 10.3. The number of hydrogen-bond donors (Lipinski definition) is 3. The summed E-state index contributed by atoms with van der Waals surface area (Å²) in [7, 11) is 0. The van der Waals surface area contributed by atoms with Gasteiger partial charge in [0.05, 0.1) is 33.3 Å². The van der Waals surface area contributed by atoms with Gasteiger partial charge in [0.25, 0.3) is 0 Å². The van der Waals surface area contributed by atoms with E-state index >= 15 is 0 Å². The van der Waals surface area contributed by atoms with Crippen molar-refractivity contribution in [1.82, 2.24) is 10.6 Å². The highest BCUT2D eigenvalue weighted by Crippen LogP contribution is 2.44. The second kappa shape index (κ2) is 9.62. The van der Waals surface area contributed by atoms with Crippen LogP contribution in [0.25, 0.3) is 11.3 Å². The number of rotatable bonds is 6. The summed E-state index contributed by atoms with van der Waals surface area (Å²) >= 11 is 12.4. The molecule has 2 amide bonds. The molecule has 0 bridgehead atoms. The maximum absolute atomic E-state index is 12.7. The van der Waals surface area contributed by atoms with Gasteiger partial charge in [-0.05, 0) is 41.8 Å². The number of halogens is 2. The predicted octanol–water partition coefficient (Wildman–Crippen LogP) is 5.93. The number of nitro benzene ring substituents is 1. The highest BCUT2D eigenvalue weighted by molar-refractivity contribution is 6.42. The van der Waals surface area contributed by atoms with Crippen LogP contribution in [0.3, 0.4) is 0 Å². The van der Waals surface area contributed by atoms with E-state index in [9.17, 15) is 20.0 Å². The Balaban J connectivity index is 2.01. The van der Waals surface area contributed by atoms with Crippen molar-refractivity contribution in [3.8, 4) is 11.5 Å². The zero-order valence-electron chi connectivity index (χ0n) is 17.8. The summed E-state index contributed by atoms with van der Waals surface area (Å²) in [6.07, 6.45) is 0. The largest absolute Gasteiger partial charge is 0.500 e. The molecule has 1 unspecified atom stereocenters. The lowest BCUT2D eigenvalue weighted by molar-refractivity contribution is -0.386. The standard InChI is InChI=1S/C24H19Cl2N3O5/c1-2-34-19-12-15(11-18(23(19)30)29(32)33)22-20(14-8-9-16(25)17(26)10-14)21(27-24(31)28-22)13-6-4-3-5-7-13/h3-12,22,30H,2H2,1H3,(H2,27,28,31). The Labute approximate surface area is 204 Å². The second-order valence-electron chi connectivity index (χ2n) is 7.39. The van der Waals surface area contributed by atoms with E-state index in [0.717, 1.165) is 5.56 Å². The number of phenols is 1. The average Bonchev–Trinajstić information content (AvgIpc) is 2.82. The summed E-state index contributed by atoms with van der Waals surface area (Å²) in [4.78, 5) is 23.6. The molecule has 3 aromatic carbocycles. The van der Waals surface area contributed by atoms with Crippen molar-refractivity contribution < 1.29 is 19.6 Å². The summed E-state index contributed by atoms with van der Waals surface area (Å²) in [5.74, 6) is -0.645. The molecular formula is C24H19Cl2N3O5. The van der Waals surface area contributed by atoms with Gasteiger partial charge in [0.15, 0.2) is 5.75 Å². The van der Waals surface area contributed by atoms with E-state index in [-0.39, 0.29) is 12.4 Å². The van der Waals surface area contributed by atoms with Crippen LogP contribution in [-0.2, 0) is 0 Å². The monoisotopic (exact) mass is 499 g/mol. The topological polar surface area (TPSA) is 114 Å². The molecular weight excluding hydrogens is 481 g/mol. The van der Waals surface area contributed by atoms with E-state index < -0.39 is 28.4 Å². The second-order valence-corrected chi connectivity index (χ2v) is 8.21. The van der Waals surface area contributed by atoms with Gasteiger partial charge in [0.2, 0.25) is 5.75 Å². The van der Waals surface area contributed by atoms with Crippen molar-refractivity contribution in [2.24, 2.45) is 0 Å². The molecule has 0 spiro atoms. The summed E-state index contributed by atoms with van der Waals surface area (Å²) in [5.41, 5.74) is 2.27. The molecule has 0 saturated heterocycles. The molecule has 1 atom stereocenters. The van der Waals surface area contributed by atoms with Crippen LogP contribution in [0.15, 0.2) is 60.7 Å². The van der Waals surface area contributed by atoms with Crippen LogP contribution in [0.4, 0.5) is 10.5 Å². The molecule has 0 radical (unpaired) electrons. The Morgan fingerprint density at radius 2 is 1.79 bits per heavy atom. The number of nitrogens with zero attached hydrogens (tertiary/aromatic N) is 1. The third-order valence-corrected chi connectivity index (χ3v) is 6.01. The number of carbonyl (C=O) groups is 1. The minimum atomic E-state index is -0.834. The van der Waals surface area contributed by atoms with Crippen LogP contribution in [0.2, 0.25) is 10.0 Å². The van der Waals surface area contributed by atoms with Gasteiger partial charge in [-0.2, -0.15) is 0 Å². The summed E-state index contributed by atoms with van der Waals surface area (Å²) in [6, 6.07) is 15.6. The van der Waals surface area contributed by atoms with Crippen LogP contribution < -0.4 is 15.4 Å². The molecule has 0 aromatic heterocycles. The summed E-state index contributed by atoms with van der Waals surface area (Å²) in [6.45, 7) is 1.87. The number of carbonyl (C=O) groups excluding carboxylic acids is 1. The number of nitrogens with one attached hydrogen (secondary N) is 2. The van der Waals surface area contributed by atoms with Crippen LogP contribution in [0.5, 0.6) is 11.5 Å². The van der Waals surface area contributed by atoms with E-state index in [2.05, 4.69) is 10.6 Å². The fraction of sp³-hybridized carbons (Fsp3) is 0.125. The number of ether oxygens (including phenoxy) is 1. The zero-order valence-corrected chi connectivity index (χ0v) is 19.4. The van der Waals surface area contributed by atoms with Gasteiger partial charge >= 0.3 is 11.7 Å². The minimum absolute atomic E-state index is 0.0609. The van der Waals surface area contributed by atoms with Crippen LogP contribution in [-0.4, -0.2) is 22.7 Å². The maximum atomic E-state index is 12.7. The third kappa shape index (κ3) is 4.50. The quantitative estimate of drug-likeness (QED) is 0.287. The highest BCUT2D eigenvalue weighted by atomic mass is 35.5. The predicted molar refractivity (Wildman–Crippen MR) is 130 cm³/mol. The number of nitro groups is 1. The lowest BCUT2D eigenvalue weighted by atomic mass is 9.87. The Bertz CT molecular complexity index is 1310. The van der Waals surface area contributed by atoms with E-state index in [4.69, 9.17) is 27.9 Å². The molecule has 174 valence electrons. The number of benzene rings is 3. The molecule has 4 rings (SSSR count). The molecule has 1 aliphatic heterocycles. The fourth-order valence-corrected chi connectivity index (χ4v) is 4.11. The van der Waals surface area contributed by atoms with Gasteiger partial charge < -0.3 is 20.5 Å². The minimum Gasteiger partial charge on any atom is -0.500 e. The molecule has 1 heterocycles. The molecule has 0 fully saturated rings. The summed E-state index contributed by atoms with van der Waals surface area (Å²) < 4.78 is 5.44.